The van der Waals surface area contributed by atoms with Crippen molar-refractivity contribution in [1.29, 1.82) is 0 Å². The number of hydrogen-bond acceptors (Lipinski definition) is 2. The van der Waals surface area contributed by atoms with Gasteiger partial charge in [-0.1, -0.05) is 12.1 Å². The largest absolute Gasteiger partial charge is 0.480 e. The van der Waals surface area contributed by atoms with Crippen molar-refractivity contribution in [2.45, 2.75) is 39.7 Å². The number of rotatable bonds is 5. The van der Waals surface area contributed by atoms with Gasteiger partial charge in [0.15, 0.2) is 0 Å². The van der Waals surface area contributed by atoms with Crippen LogP contribution in [-0.4, -0.2) is 17.6 Å². The quantitative estimate of drug-likeness (QED) is 0.841. The fourth-order valence-electron chi connectivity index (χ4n) is 2.23. The van der Waals surface area contributed by atoms with Crippen LogP contribution in [0.25, 0.3) is 0 Å². The monoisotopic (exact) mass is 247 g/mol. The molecule has 0 aliphatic heterocycles. The molecule has 1 unspecified atom stereocenters. The Morgan fingerprint density at radius 2 is 1.89 bits per heavy atom. The van der Waals surface area contributed by atoms with Gasteiger partial charge in [0.25, 0.3) is 0 Å². The molecule has 0 aromatic heterocycles. The van der Waals surface area contributed by atoms with E-state index < -0.39 is 12.0 Å². The van der Waals surface area contributed by atoms with Crippen LogP contribution in [-0.2, 0) is 4.79 Å². The van der Waals surface area contributed by atoms with Gasteiger partial charge >= 0.3 is 5.97 Å². The molecule has 1 saturated carbocycles. The highest BCUT2D eigenvalue weighted by molar-refractivity contribution is 5.76. The lowest BCUT2D eigenvalue weighted by molar-refractivity contribution is -0.139. The Morgan fingerprint density at radius 1 is 1.28 bits per heavy atom. The van der Waals surface area contributed by atoms with Gasteiger partial charge in [-0.05, 0) is 68.3 Å². The van der Waals surface area contributed by atoms with Crippen LogP contribution in [0.3, 0.4) is 0 Å². The molecule has 98 valence electrons. The molecule has 0 saturated heterocycles. The van der Waals surface area contributed by atoms with Gasteiger partial charge in [0.1, 0.15) is 6.04 Å². The first-order valence-electron chi connectivity index (χ1n) is 6.53. The van der Waals surface area contributed by atoms with E-state index in [1.54, 1.807) is 0 Å². The highest BCUT2D eigenvalue weighted by Crippen LogP contribution is 2.29. The highest BCUT2D eigenvalue weighted by Gasteiger charge is 2.26. The second-order valence-electron chi connectivity index (χ2n) is 5.42. The van der Waals surface area contributed by atoms with Gasteiger partial charge < -0.3 is 10.4 Å². The van der Waals surface area contributed by atoms with Crippen molar-refractivity contribution in [3.8, 4) is 0 Å². The summed E-state index contributed by atoms with van der Waals surface area (Å²) in [6.45, 7) is 6.87. The Hall–Kier alpha value is -1.35. The molecule has 3 nitrogen and oxygen atoms in total. The summed E-state index contributed by atoms with van der Waals surface area (Å²) in [5.74, 6) is -0.110. The second-order valence-corrected chi connectivity index (χ2v) is 5.42. The minimum absolute atomic E-state index is 0.579. The Morgan fingerprint density at radius 3 is 2.44 bits per heavy atom. The average Bonchev–Trinajstić information content (AvgIpc) is 3.09. The molecule has 1 aliphatic carbocycles. The van der Waals surface area contributed by atoms with E-state index in [0.717, 1.165) is 23.2 Å². The van der Waals surface area contributed by atoms with E-state index in [4.69, 9.17) is 0 Å². The van der Waals surface area contributed by atoms with Crippen molar-refractivity contribution in [3.05, 3.63) is 34.4 Å². The van der Waals surface area contributed by atoms with Crippen molar-refractivity contribution in [2.75, 3.05) is 6.54 Å². The van der Waals surface area contributed by atoms with E-state index in [0.29, 0.717) is 5.92 Å². The molecule has 1 aromatic carbocycles. The lowest BCUT2D eigenvalue weighted by Crippen LogP contribution is -2.30. The van der Waals surface area contributed by atoms with Crippen molar-refractivity contribution in [1.82, 2.24) is 5.32 Å². The average molecular weight is 247 g/mol. The van der Waals surface area contributed by atoms with Crippen molar-refractivity contribution >= 4 is 5.97 Å². The van der Waals surface area contributed by atoms with Crippen LogP contribution in [0.5, 0.6) is 0 Å². The van der Waals surface area contributed by atoms with Crippen LogP contribution in [0.2, 0.25) is 0 Å². The first-order valence-corrected chi connectivity index (χ1v) is 6.53. The minimum atomic E-state index is -0.790. The topological polar surface area (TPSA) is 49.3 Å². The molecule has 1 atom stereocenters. The summed E-state index contributed by atoms with van der Waals surface area (Å²) < 4.78 is 0. The smallest absolute Gasteiger partial charge is 0.325 e. The zero-order chi connectivity index (χ0) is 13.3. The van der Waals surface area contributed by atoms with Crippen molar-refractivity contribution in [2.24, 2.45) is 5.92 Å². The van der Waals surface area contributed by atoms with E-state index in [9.17, 15) is 9.90 Å². The summed E-state index contributed by atoms with van der Waals surface area (Å²) in [7, 11) is 0. The van der Waals surface area contributed by atoms with Crippen LogP contribution in [0.15, 0.2) is 12.1 Å². The summed E-state index contributed by atoms with van der Waals surface area (Å²) in [4.78, 5) is 11.4. The maximum absolute atomic E-state index is 11.4. The van der Waals surface area contributed by atoms with Crippen molar-refractivity contribution in [3.63, 3.8) is 0 Å². The van der Waals surface area contributed by atoms with E-state index >= 15 is 0 Å². The number of carboxylic acids is 1. The molecule has 0 spiro atoms. The third-order valence-corrected chi connectivity index (χ3v) is 3.75. The number of hydrogen-bond donors (Lipinski definition) is 2. The van der Waals surface area contributed by atoms with E-state index in [-0.39, 0.29) is 0 Å². The normalized spacial score (nSPS) is 16.6. The lowest BCUT2D eigenvalue weighted by Gasteiger charge is -2.18. The molecular weight excluding hydrogens is 226 g/mol. The number of aliphatic carboxylic acids is 1. The van der Waals surface area contributed by atoms with Crippen LogP contribution < -0.4 is 5.32 Å². The SMILES string of the molecule is Cc1cc(C)c(C(NCC2CC2)C(=O)O)cc1C. The van der Waals surface area contributed by atoms with Gasteiger partial charge in [0.05, 0.1) is 0 Å². The molecule has 1 aliphatic rings. The maximum Gasteiger partial charge on any atom is 0.325 e. The van der Waals surface area contributed by atoms with Gasteiger partial charge in [-0.15, -0.1) is 0 Å². The molecule has 0 bridgehead atoms. The first-order chi connectivity index (χ1) is 8.49. The zero-order valence-corrected chi connectivity index (χ0v) is 11.3. The predicted molar refractivity (Wildman–Crippen MR) is 71.8 cm³/mol. The summed E-state index contributed by atoms with van der Waals surface area (Å²) in [5, 5.41) is 12.6. The second kappa shape index (κ2) is 5.11. The first kappa shape index (κ1) is 13.1. The predicted octanol–water partition coefficient (Wildman–Crippen LogP) is 2.74. The van der Waals surface area contributed by atoms with Gasteiger partial charge in [-0.3, -0.25) is 4.79 Å². The van der Waals surface area contributed by atoms with Gasteiger partial charge in [-0.25, -0.2) is 0 Å². The molecule has 0 heterocycles. The van der Waals surface area contributed by atoms with Gasteiger partial charge in [-0.2, -0.15) is 0 Å². The molecule has 3 heteroatoms. The third kappa shape index (κ3) is 2.91. The lowest BCUT2D eigenvalue weighted by atomic mass is 9.95. The van der Waals surface area contributed by atoms with Gasteiger partial charge in [0, 0.05) is 0 Å². The molecule has 2 N–H and O–H groups in total. The molecular formula is C15H21NO2. The zero-order valence-electron chi connectivity index (χ0n) is 11.3. The molecule has 2 rings (SSSR count). The van der Waals surface area contributed by atoms with Crippen molar-refractivity contribution < 1.29 is 9.90 Å². The molecule has 1 fully saturated rings. The van der Waals surface area contributed by atoms with Gasteiger partial charge in [0.2, 0.25) is 0 Å². The highest BCUT2D eigenvalue weighted by atomic mass is 16.4. The van der Waals surface area contributed by atoms with Crippen LogP contribution in [0.4, 0.5) is 0 Å². The van der Waals surface area contributed by atoms with E-state index in [1.165, 1.54) is 18.4 Å². The minimum Gasteiger partial charge on any atom is -0.480 e. The Balaban J connectivity index is 2.23. The summed E-state index contributed by atoms with van der Waals surface area (Å²) in [6, 6.07) is 3.49. The van der Waals surface area contributed by atoms with E-state index in [2.05, 4.69) is 18.3 Å². The van der Waals surface area contributed by atoms with Crippen LogP contribution in [0.1, 0.15) is 41.1 Å². The molecule has 0 radical (unpaired) electrons. The number of carboxylic acid groups (broad SMARTS) is 1. The van der Waals surface area contributed by atoms with E-state index in [1.807, 2.05) is 19.9 Å². The third-order valence-electron chi connectivity index (χ3n) is 3.75. The van der Waals surface area contributed by atoms with Crippen LogP contribution in [0, 0.1) is 26.7 Å². The summed E-state index contributed by atoms with van der Waals surface area (Å²) in [5.41, 5.74) is 4.30. The standard InChI is InChI=1S/C15H21NO2/c1-9-6-11(3)13(7-10(9)2)14(15(17)18)16-8-12-4-5-12/h6-7,12,14,16H,4-5,8H2,1-3H3,(H,17,18). The number of carbonyl (C=O) groups is 1. The maximum atomic E-state index is 11.4. The Bertz CT molecular complexity index is 464. The molecule has 0 amide bonds. The number of nitrogens with one attached hydrogen (secondary N) is 1. The molecule has 1 aromatic rings. The summed E-state index contributed by atoms with van der Waals surface area (Å²) >= 11 is 0. The molecule has 18 heavy (non-hydrogen) atoms. The number of benzene rings is 1. The Labute approximate surface area is 108 Å². The Kier molecular flexibility index (Phi) is 3.71. The fraction of sp³-hybridized carbons (Fsp3) is 0.533. The number of aryl methyl sites for hydroxylation is 3. The van der Waals surface area contributed by atoms with Crippen LogP contribution >= 0.6 is 0 Å². The summed E-state index contributed by atoms with van der Waals surface area (Å²) in [6.07, 6.45) is 2.45. The fourth-order valence-corrected chi connectivity index (χ4v) is 2.23.